The number of rotatable bonds is 5. The summed E-state index contributed by atoms with van der Waals surface area (Å²) >= 11 is 0. The lowest BCUT2D eigenvalue weighted by Gasteiger charge is -2.22. The van der Waals surface area contributed by atoms with Gasteiger partial charge in [-0.15, -0.1) is 0 Å². The normalized spacial score (nSPS) is 14.5. The molecule has 0 unspecified atom stereocenters. The molecule has 2 rings (SSSR count). The summed E-state index contributed by atoms with van der Waals surface area (Å²) in [6, 6.07) is 4.45. The highest BCUT2D eigenvalue weighted by atomic mass is 16.5. The molecule has 1 aromatic carbocycles. The molecule has 0 spiro atoms. The van der Waals surface area contributed by atoms with Gasteiger partial charge in [0.2, 0.25) is 0 Å². The molecule has 1 atom stereocenters. The van der Waals surface area contributed by atoms with Gasteiger partial charge in [0.15, 0.2) is 11.5 Å². The molecule has 0 aliphatic carbocycles. The van der Waals surface area contributed by atoms with Crippen LogP contribution in [0.4, 0.5) is 0 Å². The molecule has 1 amide bonds. The van der Waals surface area contributed by atoms with Crippen molar-refractivity contribution in [2.24, 2.45) is 5.92 Å². The molecule has 0 saturated heterocycles. The lowest BCUT2D eigenvalue weighted by Crippen LogP contribution is -2.45. The molecule has 1 aromatic rings. The fraction of sp³-hybridized carbons (Fsp3) is 0.375. The summed E-state index contributed by atoms with van der Waals surface area (Å²) in [7, 11) is 1.55. The van der Waals surface area contributed by atoms with Crippen molar-refractivity contribution in [3.8, 4) is 11.5 Å². The molecule has 1 heterocycles. The van der Waals surface area contributed by atoms with Gasteiger partial charge in [-0.2, -0.15) is 0 Å². The molecule has 6 nitrogen and oxygen atoms in total. The van der Waals surface area contributed by atoms with Gasteiger partial charge >= 0.3 is 5.97 Å². The van der Waals surface area contributed by atoms with Gasteiger partial charge in [0.1, 0.15) is 12.6 Å². The standard InChI is InChI=1S/C16H19NO5/c1-9(2)13(16(19)20)17-15(18)11-7-10-5-4-6-12(21-3)14(10)22-8-11/h4-7,9,13H,8H2,1-3H3,(H,17,18)(H,19,20)/t13-/m0/s1. The maximum Gasteiger partial charge on any atom is 0.326 e. The zero-order chi connectivity index (χ0) is 16.3. The molecule has 0 aromatic heterocycles. The molecule has 0 radical (unpaired) electrons. The molecule has 0 saturated carbocycles. The van der Waals surface area contributed by atoms with E-state index in [2.05, 4.69) is 5.32 Å². The summed E-state index contributed by atoms with van der Waals surface area (Å²) in [5.41, 5.74) is 1.11. The van der Waals surface area contributed by atoms with Crippen LogP contribution < -0.4 is 14.8 Å². The van der Waals surface area contributed by atoms with Crippen molar-refractivity contribution < 1.29 is 24.2 Å². The fourth-order valence-corrected chi connectivity index (χ4v) is 2.22. The first kappa shape index (κ1) is 15.9. The summed E-state index contributed by atoms with van der Waals surface area (Å²) in [5, 5.41) is 11.7. The third-order valence-corrected chi connectivity index (χ3v) is 3.44. The molecule has 6 heteroatoms. The quantitative estimate of drug-likeness (QED) is 0.865. The second kappa shape index (κ2) is 6.51. The molecule has 1 aliphatic heterocycles. The van der Waals surface area contributed by atoms with Gasteiger partial charge in [-0.05, 0) is 18.1 Å². The van der Waals surface area contributed by atoms with Crippen LogP contribution in [0.2, 0.25) is 0 Å². The minimum Gasteiger partial charge on any atom is -0.493 e. The Labute approximate surface area is 128 Å². The van der Waals surface area contributed by atoms with Crippen molar-refractivity contribution in [2.75, 3.05) is 13.7 Å². The van der Waals surface area contributed by atoms with Gasteiger partial charge in [-0.1, -0.05) is 26.0 Å². The van der Waals surface area contributed by atoms with Gasteiger partial charge < -0.3 is 19.9 Å². The number of hydrogen-bond acceptors (Lipinski definition) is 4. The van der Waals surface area contributed by atoms with E-state index in [1.165, 1.54) is 0 Å². The highest BCUT2D eigenvalue weighted by Crippen LogP contribution is 2.35. The van der Waals surface area contributed by atoms with E-state index in [-0.39, 0.29) is 12.5 Å². The smallest absolute Gasteiger partial charge is 0.326 e. The fourth-order valence-electron chi connectivity index (χ4n) is 2.22. The number of nitrogens with one attached hydrogen (secondary N) is 1. The van der Waals surface area contributed by atoms with Crippen molar-refractivity contribution in [1.82, 2.24) is 5.32 Å². The number of hydrogen-bond donors (Lipinski definition) is 2. The third-order valence-electron chi connectivity index (χ3n) is 3.44. The lowest BCUT2D eigenvalue weighted by atomic mass is 10.0. The Morgan fingerprint density at radius 1 is 1.36 bits per heavy atom. The monoisotopic (exact) mass is 305 g/mol. The lowest BCUT2D eigenvalue weighted by molar-refractivity contribution is -0.142. The Balaban J connectivity index is 2.21. The second-order valence-corrected chi connectivity index (χ2v) is 5.37. The summed E-state index contributed by atoms with van der Waals surface area (Å²) in [5.74, 6) is -0.518. The van der Waals surface area contributed by atoms with E-state index < -0.39 is 17.9 Å². The number of methoxy groups -OCH3 is 1. The number of carboxylic acids is 1. The van der Waals surface area contributed by atoms with Crippen LogP contribution in [0.3, 0.4) is 0 Å². The Morgan fingerprint density at radius 3 is 2.68 bits per heavy atom. The Bertz CT molecular complexity index is 621. The number of fused-ring (bicyclic) bond motifs is 1. The molecule has 22 heavy (non-hydrogen) atoms. The first-order valence-electron chi connectivity index (χ1n) is 6.98. The SMILES string of the molecule is COc1cccc2c1OCC(C(=O)N[C@H](C(=O)O)C(C)C)=C2. The first-order chi connectivity index (χ1) is 10.4. The highest BCUT2D eigenvalue weighted by Gasteiger charge is 2.26. The number of carbonyl (C=O) groups is 2. The number of carboxylic acid groups (broad SMARTS) is 1. The van der Waals surface area contributed by atoms with Crippen LogP contribution in [0, 0.1) is 5.92 Å². The summed E-state index contributed by atoms with van der Waals surface area (Å²) in [6.07, 6.45) is 1.69. The van der Waals surface area contributed by atoms with Crippen molar-refractivity contribution >= 4 is 18.0 Å². The summed E-state index contributed by atoms with van der Waals surface area (Å²) in [6.45, 7) is 3.56. The van der Waals surface area contributed by atoms with Crippen molar-refractivity contribution in [3.63, 3.8) is 0 Å². The molecule has 2 N–H and O–H groups in total. The van der Waals surface area contributed by atoms with Crippen LogP contribution in [0.25, 0.3) is 6.08 Å². The van der Waals surface area contributed by atoms with Crippen LogP contribution in [0.15, 0.2) is 23.8 Å². The summed E-state index contributed by atoms with van der Waals surface area (Å²) in [4.78, 5) is 23.4. The number of ether oxygens (including phenoxy) is 2. The first-order valence-corrected chi connectivity index (χ1v) is 6.98. The predicted octanol–water partition coefficient (Wildman–Crippen LogP) is 1.70. The van der Waals surface area contributed by atoms with Crippen molar-refractivity contribution in [1.29, 1.82) is 0 Å². The molecule has 1 aliphatic rings. The van der Waals surface area contributed by atoms with E-state index in [0.29, 0.717) is 17.1 Å². The minimum absolute atomic E-state index is 0.0731. The van der Waals surface area contributed by atoms with Crippen molar-refractivity contribution in [3.05, 3.63) is 29.3 Å². The molecule has 118 valence electrons. The summed E-state index contributed by atoms with van der Waals surface area (Å²) < 4.78 is 10.8. The van der Waals surface area contributed by atoms with Crippen LogP contribution in [0.1, 0.15) is 19.4 Å². The van der Waals surface area contributed by atoms with E-state index in [0.717, 1.165) is 5.56 Å². The van der Waals surface area contributed by atoms with Crippen LogP contribution in [-0.4, -0.2) is 36.7 Å². The average molecular weight is 305 g/mol. The number of amides is 1. The molecule has 0 bridgehead atoms. The van der Waals surface area contributed by atoms with E-state index in [4.69, 9.17) is 14.6 Å². The van der Waals surface area contributed by atoms with E-state index >= 15 is 0 Å². The number of benzene rings is 1. The largest absolute Gasteiger partial charge is 0.493 e. The Hall–Kier alpha value is -2.50. The molecule has 0 fully saturated rings. The Morgan fingerprint density at radius 2 is 2.09 bits per heavy atom. The number of aliphatic carboxylic acids is 1. The van der Waals surface area contributed by atoms with Gasteiger partial charge in [0.05, 0.1) is 12.7 Å². The maximum absolute atomic E-state index is 12.2. The average Bonchev–Trinajstić information content (AvgIpc) is 2.50. The van der Waals surface area contributed by atoms with Crippen LogP contribution in [0.5, 0.6) is 11.5 Å². The second-order valence-electron chi connectivity index (χ2n) is 5.37. The van der Waals surface area contributed by atoms with E-state index in [1.807, 2.05) is 0 Å². The van der Waals surface area contributed by atoms with Gasteiger partial charge in [-0.3, -0.25) is 4.79 Å². The molecular weight excluding hydrogens is 286 g/mol. The highest BCUT2D eigenvalue weighted by molar-refractivity contribution is 6.01. The topological polar surface area (TPSA) is 84.9 Å². The van der Waals surface area contributed by atoms with Gasteiger partial charge in [-0.25, -0.2) is 4.79 Å². The predicted molar refractivity (Wildman–Crippen MR) is 80.9 cm³/mol. The van der Waals surface area contributed by atoms with Crippen LogP contribution >= 0.6 is 0 Å². The van der Waals surface area contributed by atoms with E-state index in [9.17, 15) is 9.59 Å². The van der Waals surface area contributed by atoms with Crippen molar-refractivity contribution in [2.45, 2.75) is 19.9 Å². The van der Waals surface area contributed by atoms with Crippen LogP contribution in [-0.2, 0) is 9.59 Å². The van der Waals surface area contributed by atoms with E-state index in [1.54, 1.807) is 45.2 Å². The number of para-hydroxylation sites is 1. The maximum atomic E-state index is 12.2. The third kappa shape index (κ3) is 3.21. The minimum atomic E-state index is -1.05. The van der Waals surface area contributed by atoms with Gasteiger partial charge in [0, 0.05) is 5.56 Å². The zero-order valence-electron chi connectivity index (χ0n) is 12.8. The Kier molecular flexibility index (Phi) is 4.70. The number of carbonyl (C=O) groups excluding carboxylic acids is 1. The molecular formula is C16H19NO5. The zero-order valence-corrected chi connectivity index (χ0v) is 12.8. The van der Waals surface area contributed by atoms with Gasteiger partial charge in [0.25, 0.3) is 5.91 Å².